The van der Waals surface area contributed by atoms with E-state index in [1.165, 1.54) is 16.0 Å². The van der Waals surface area contributed by atoms with E-state index in [4.69, 9.17) is 4.74 Å². The lowest BCUT2D eigenvalue weighted by Gasteiger charge is -2.24. The number of hydrogen-bond acceptors (Lipinski definition) is 4. The lowest BCUT2D eigenvalue weighted by atomic mass is 10.1. The molecule has 2 amide bonds. The zero-order valence-electron chi connectivity index (χ0n) is 16.4. The molecule has 6 heteroatoms. The molecular weight excluding hydrogens is 360 g/mol. The second-order valence-corrected chi connectivity index (χ2v) is 8.24. The van der Waals surface area contributed by atoms with E-state index in [9.17, 15) is 9.59 Å². The molecule has 0 radical (unpaired) electrons. The van der Waals surface area contributed by atoms with Gasteiger partial charge in [-0.1, -0.05) is 29.5 Å². The summed E-state index contributed by atoms with van der Waals surface area (Å²) in [5.74, 6) is -1.39. The van der Waals surface area contributed by atoms with Crippen LogP contribution in [0.5, 0.6) is 0 Å². The van der Waals surface area contributed by atoms with Crippen LogP contribution in [0.3, 0.4) is 0 Å². The fraction of sp³-hybridized carbons (Fsp3) is 0.333. The van der Waals surface area contributed by atoms with E-state index in [-0.39, 0.29) is 0 Å². The van der Waals surface area contributed by atoms with Crippen LogP contribution in [0.25, 0.3) is 0 Å². The molecule has 0 aliphatic carbocycles. The Labute approximate surface area is 164 Å². The summed E-state index contributed by atoms with van der Waals surface area (Å²) in [5.41, 5.74) is 2.43. The Morgan fingerprint density at radius 3 is 2.30 bits per heavy atom. The van der Waals surface area contributed by atoms with Gasteiger partial charge < -0.3 is 15.4 Å². The number of rotatable bonds is 6. The lowest BCUT2D eigenvalue weighted by molar-refractivity contribution is -0.137. The van der Waals surface area contributed by atoms with Crippen molar-refractivity contribution in [2.24, 2.45) is 0 Å². The molecule has 0 spiro atoms. The first-order valence-electron chi connectivity index (χ1n) is 8.68. The van der Waals surface area contributed by atoms with Gasteiger partial charge in [-0.3, -0.25) is 9.59 Å². The molecule has 0 saturated carbocycles. The minimum atomic E-state index is -0.700. The van der Waals surface area contributed by atoms with Gasteiger partial charge in [0.2, 0.25) is 0 Å². The number of anilines is 1. The predicted octanol–water partition coefficient (Wildman–Crippen LogP) is 3.93. The van der Waals surface area contributed by atoms with Crippen LogP contribution in [0.2, 0.25) is 0 Å². The molecule has 0 fully saturated rings. The molecule has 5 nitrogen and oxygen atoms in total. The first-order chi connectivity index (χ1) is 12.7. The molecule has 2 aromatic rings. The highest BCUT2D eigenvalue weighted by Gasteiger charge is 2.24. The number of nitrogens with one attached hydrogen (secondary N) is 2. The minimum Gasteiger partial charge on any atom is -0.382 e. The average Bonchev–Trinajstić information content (AvgIpc) is 2.58. The summed E-state index contributed by atoms with van der Waals surface area (Å²) < 4.78 is 5.03. The van der Waals surface area contributed by atoms with Gasteiger partial charge in [0.1, 0.15) is 0 Å². The summed E-state index contributed by atoms with van der Waals surface area (Å²) in [4.78, 5) is 26.4. The number of aryl methyl sites for hydroxylation is 2. The van der Waals surface area contributed by atoms with Crippen molar-refractivity contribution in [3.8, 4) is 0 Å². The Morgan fingerprint density at radius 2 is 1.70 bits per heavy atom. The van der Waals surface area contributed by atoms with Crippen molar-refractivity contribution >= 4 is 29.3 Å². The molecule has 0 aliphatic heterocycles. The van der Waals surface area contributed by atoms with E-state index in [2.05, 4.69) is 42.7 Å². The van der Waals surface area contributed by atoms with Crippen LogP contribution in [0.4, 0.5) is 5.69 Å². The zero-order chi connectivity index (χ0) is 20.0. The molecule has 27 heavy (non-hydrogen) atoms. The number of methoxy groups -OCH3 is 1. The Balaban J connectivity index is 1.96. The van der Waals surface area contributed by atoms with Crippen molar-refractivity contribution < 1.29 is 14.3 Å². The largest absolute Gasteiger partial charge is 0.382 e. The first-order valence-corrected chi connectivity index (χ1v) is 9.49. The third-order valence-corrected chi connectivity index (χ3v) is 5.02. The molecular formula is C21H26N2O3S. The number of carbonyl (C=O) groups is 2. The van der Waals surface area contributed by atoms with Crippen molar-refractivity contribution in [3.63, 3.8) is 0 Å². The monoisotopic (exact) mass is 386 g/mol. The second kappa shape index (κ2) is 9.06. The Bertz CT molecular complexity index is 817. The zero-order valence-corrected chi connectivity index (χ0v) is 17.2. The summed E-state index contributed by atoms with van der Waals surface area (Å²) in [6.45, 7) is 8.07. The normalized spacial score (nSPS) is 11.1. The maximum atomic E-state index is 12.1. The third kappa shape index (κ3) is 6.41. The van der Waals surface area contributed by atoms with Crippen molar-refractivity contribution in [2.45, 2.75) is 43.0 Å². The van der Waals surface area contributed by atoms with Gasteiger partial charge in [-0.05, 0) is 63.6 Å². The van der Waals surface area contributed by atoms with E-state index in [0.717, 1.165) is 4.90 Å². The smallest absolute Gasteiger partial charge is 0.313 e. The summed E-state index contributed by atoms with van der Waals surface area (Å²) >= 11 is 1.66. The maximum absolute atomic E-state index is 12.1. The molecule has 0 aliphatic rings. The summed E-state index contributed by atoms with van der Waals surface area (Å²) in [6.07, 6.45) is 0. The van der Waals surface area contributed by atoms with Crippen LogP contribution in [0, 0.1) is 13.8 Å². The van der Waals surface area contributed by atoms with Crippen molar-refractivity contribution in [3.05, 3.63) is 53.6 Å². The molecule has 0 bridgehead atoms. The number of carbonyl (C=O) groups excluding carboxylic acids is 2. The fourth-order valence-electron chi connectivity index (χ4n) is 2.60. The van der Waals surface area contributed by atoms with Crippen LogP contribution in [-0.4, -0.2) is 31.1 Å². The van der Waals surface area contributed by atoms with E-state index >= 15 is 0 Å². The molecule has 0 heterocycles. The number of amides is 2. The molecule has 0 unspecified atom stereocenters. The van der Waals surface area contributed by atoms with E-state index in [1.807, 2.05) is 12.1 Å². The average molecular weight is 387 g/mol. The summed E-state index contributed by atoms with van der Waals surface area (Å²) in [7, 11) is 1.55. The van der Waals surface area contributed by atoms with Gasteiger partial charge >= 0.3 is 11.8 Å². The Kier molecular flexibility index (Phi) is 7.05. The highest BCUT2D eigenvalue weighted by atomic mass is 32.2. The van der Waals surface area contributed by atoms with Crippen LogP contribution in [0.1, 0.15) is 25.0 Å². The van der Waals surface area contributed by atoms with Crippen molar-refractivity contribution in [2.75, 3.05) is 19.0 Å². The molecule has 0 saturated heterocycles. The fourth-order valence-corrected chi connectivity index (χ4v) is 3.48. The Hall–Kier alpha value is -2.31. The van der Waals surface area contributed by atoms with Gasteiger partial charge in [0, 0.05) is 22.6 Å². The molecule has 0 aromatic heterocycles. The second-order valence-electron chi connectivity index (χ2n) is 7.12. The van der Waals surface area contributed by atoms with Crippen molar-refractivity contribution in [1.29, 1.82) is 0 Å². The molecule has 2 aromatic carbocycles. The summed E-state index contributed by atoms with van der Waals surface area (Å²) in [5, 5.41) is 5.27. The van der Waals surface area contributed by atoms with Gasteiger partial charge in [0.05, 0.1) is 12.1 Å². The first kappa shape index (κ1) is 21.0. The molecule has 144 valence electrons. The number of benzene rings is 2. The Morgan fingerprint density at radius 1 is 1.04 bits per heavy atom. The van der Waals surface area contributed by atoms with Crippen LogP contribution in [-0.2, 0) is 14.3 Å². The standard InChI is InChI=1S/C21H26N2O3S/c1-14-6-11-18(15(2)12-14)27-17-9-7-16(8-10-17)22-19(24)20(25)23-21(3,4)13-26-5/h6-12H,13H2,1-5H3,(H,22,24)(H,23,25). The van der Waals surface area contributed by atoms with Gasteiger partial charge in [-0.15, -0.1) is 0 Å². The van der Waals surface area contributed by atoms with Gasteiger partial charge in [0.25, 0.3) is 0 Å². The molecule has 2 rings (SSSR count). The van der Waals surface area contributed by atoms with Crippen LogP contribution < -0.4 is 10.6 Å². The summed E-state index contributed by atoms with van der Waals surface area (Å²) in [6, 6.07) is 13.8. The SMILES string of the molecule is COCC(C)(C)NC(=O)C(=O)Nc1ccc(Sc2ccc(C)cc2C)cc1. The molecule has 0 atom stereocenters. The number of ether oxygens (including phenoxy) is 1. The van der Waals surface area contributed by atoms with Gasteiger partial charge in [-0.2, -0.15) is 0 Å². The maximum Gasteiger partial charge on any atom is 0.313 e. The topological polar surface area (TPSA) is 67.4 Å². The van der Waals surface area contributed by atoms with E-state index < -0.39 is 17.4 Å². The quantitative estimate of drug-likeness (QED) is 0.738. The van der Waals surface area contributed by atoms with E-state index in [1.54, 1.807) is 44.9 Å². The third-order valence-electron chi connectivity index (χ3n) is 3.83. The van der Waals surface area contributed by atoms with Crippen LogP contribution in [0.15, 0.2) is 52.3 Å². The van der Waals surface area contributed by atoms with Crippen LogP contribution >= 0.6 is 11.8 Å². The lowest BCUT2D eigenvalue weighted by Crippen LogP contribution is -2.50. The predicted molar refractivity (Wildman–Crippen MR) is 109 cm³/mol. The number of hydrogen-bond donors (Lipinski definition) is 2. The van der Waals surface area contributed by atoms with Gasteiger partial charge in [-0.25, -0.2) is 0 Å². The highest BCUT2D eigenvalue weighted by molar-refractivity contribution is 7.99. The minimum absolute atomic E-state index is 0.316. The van der Waals surface area contributed by atoms with E-state index in [0.29, 0.717) is 12.3 Å². The molecule has 2 N–H and O–H groups in total. The van der Waals surface area contributed by atoms with Gasteiger partial charge in [0.15, 0.2) is 0 Å². The highest BCUT2D eigenvalue weighted by Crippen LogP contribution is 2.31. The van der Waals surface area contributed by atoms with Crippen molar-refractivity contribution in [1.82, 2.24) is 5.32 Å².